The first-order valence-electron chi connectivity index (χ1n) is 8.60. The van der Waals surface area contributed by atoms with Crippen LogP contribution >= 0.6 is 0 Å². The maximum Gasteiger partial charge on any atom is 0.344 e. The lowest BCUT2D eigenvalue weighted by atomic mass is 10.2. The summed E-state index contributed by atoms with van der Waals surface area (Å²) < 4.78 is 21.0. The van der Waals surface area contributed by atoms with Gasteiger partial charge in [-0.1, -0.05) is 18.2 Å². The Morgan fingerprint density at radius 1 is 1.31 bits per heavy atom. The Kier molecular flexibility index (Phi) is 7.95. The fourth-order valence-electron chi connectivity index (χ4n) is 2.51. The van der Waals surface area contributed by atoms with Crippen LogP contribution in [0.15, 0.2) is 24.3 Å². The molecule has 0 unspecified atom stereocenters. The number of benzene rings is 1. The van der Waals surface area contributed by atoms with Crippen molar-refractivity contribution in [3.63, 3.8) is 0 Å². The summed E-state index contributed by atoms with van der Waals surface area (Å²) in [6.07, 6.45) is 5.83. The minimum absolute atomic E-state index is 0.0518. The summed E-state index contributed by atoms with van der Waals surface area (Å²) in [5, 5.41) is 2.68. The van der Waals surface area contributed by atoms with E-state index >= 15 is 0 Å². The van der Waals surface area contributed by atoms with Crippen molar-refractivity contribution >= 4 is 18.0 Å². The van der Waals surface area contributed by atoms with Gasteiger partial charge in [-0.25, -0.2) is 4.79 Å². The molecule has 1 amide bonds. The van der Waals surface area contributed by atoms with Gasteiger partial charge in [-0.2, -0.15) is 0 Å². The Hall–Kier alpha value is -2.54. The third-order valence-corrected chi connectivity index (χ3v) is 3.81. The van der Waals surface area contributed by atoms with Gasteiger partial charge in [-0.3, -0.25) is 4.79 Å². The monoisotopic (exact) mass is 363 g/mol. The molecule has 142 valence electrons. The maximum absolute atomic E-state index is 11.7. The van der Waals surface area contributed by atoms with Crippen LogP contribution in [-0.2, 0) is 19.1 Å². The van der Waals surface area contributed by atoms with Crippen LogP contribution in [0.4, 0.5) is 0 Å². The van der Waals surface area contributed by atoms with Crippen LogP contribution in [0.2, 0.25) is 0 Å². The second-order valence-electron chi connectivity index (χ2n) is 5.80. The normalized spacial score (nSPS) is 16.5. The van der Waals surface area contributed by atoms with Crippen LogP contribution < -0.4 is 14.8 Å². The molecule has 0 spiro atoms. The van der Waals surface area contributed by atoms with Gasteiger partial charge in [0.05, 0.1) is 13.2 Å². The molecule has 1 fully saturated rings. The molecular formula is C19H25NO6. The molecule has 1 aromatic rings. The van der Waals surface area contributed by atoms with Crippen LogP contribution in [0.1, 0.15) is 25.3 Å². The molecule has 1 heterocycles. The Bertz CT molecular complexity index is 637. The van der Waals surface area contributed by atoms with E-state index in [2.05, 4.69) is 5.32 Å². The van der Waals surface area contributed by atoms with E-state index in [9.17, 15) is 9.59 Å². The molecule has 7 nitrogen and oxygen atoms in total. The van der Waals surface area contributed by atoms with Crippen LogP contribution in [-0.4, -0.2) is 51.5 Å². The zero-order valence-electron chi connectivity index (χ0n) is 15.2. The number of methoxy groups -OCH3 is 1. The highest BCUT2D eigenvalue weighted by Gasteiger charge is 2.17. The predicted molar refractivity (Wildman–Crippen MR) is 96.1 cm³/mol. The molecule has 1 N–H and O–H groups in total. The van der Waals surface area contributed by atoms with E-state index in [0.29, 0.717) is 18.0 Å². The topological polar surface area (TPSA) is 83.1 Å². The highest BCUT2D eigenvalue weighted by atomic mass is 16.6. The number of carbonyl (C=O) groups excluding carboxylic acids is 2. The average Bonchev–Trinajstić information content (AvgIpc) is 3.17. The van der Waals surface area contributed by atoms with Crippen molar-refractivity contribution < 1.29 is 28.5 Å². The van der Waals surface area contributed by atoms with E-state index in [0.717, 1.165) is 25.0 Å². The van der Waals surface area contributed by atoms with Gasteiger partial charge in [0.2, 0.25) is 0 Å². The highest BCUT2D eigenvalue weighted by Crippen LogP contribution is 2.28. The third-order valence-electron chi connectivity index (χ3n) is 3.81. The van der Waals surface area contributed by atoms with E-state index in [4.69, 9.17) is 18.9 Å². The zero-order valence-corrected chi connectivity index (χ0v) is 15.2. The number of ether oxygens (including phenoxy) is 4. The summed E-state index contributed by atoms with van der Waals surface area (Å²) in [5.74, 6) is -0.0396. The Morgan fingerprint density at radius 3 is 2.85 bits per heavy atom. The molecule has 7 heteroatoms. The molecule has 1 atom stereocenters. The smallest absolute Gasteiger partial charge is 0.344 e. The number of allylic oxidation sites excluding steroid dienone is 1. The van der Waals surface area contributed by atoms with Gasteiger partial charge in [-0.15, -0.1) is 0 Å². The average molecular weight is 363 g/mol. The van der Waals surface area contributed by atoms with E-state index in [1.165, 1.54) is 7.11 Å². The van der Waals surface area contributed by atoms with Crippen molar-refractivity contribution in [2.24, 2.45) is 0 Å². The lowest BCUT2D eigenvalue weighted by Gasteiger charge is -2.12. The molecule has 0 radical (unpaired) electrons. The summed E-state index contributed by atoms with van der Waals surface area (Å²) in [5.41, 5.74) is 0.960. The van der Waals surface area contributed by atoms with E-state index < -0.39 is 5.97 Å². The van der Waals surface area contributed by atoms with Crippen LogP contribution in [0.25, 0.3) is 6.08 Å². The zero-order chi connectivity index (χ0) is 18.8. The SMILES string of the molecule is C/C=C/c1ccc(OCC(=O)OCC(=O)NC[C@@H]2CCCO2)c(OC)c1. The number of carbonyl (C=O) groups is 2. The van der Waals surface area contributed by atoms with Crippen molar-refractivity contribution in [1.29, 1.82) is 0 Å². The fraction of sp³-hybridized carbons (Fsp3) is 0.474. The Balaban J connectivity index is 1.71. The largest absolute Gasteiger partial charge is 0.493 e. The van der Waals surface area contributed by atoms with E-state index in [-0.39, 0.29) is 25.2 Å². The second-order valence-corrected chi connectivity index (χ2v) is 5.80. The fourth-order valence-corrected chi connectivity index (χ4v) is 2.51. The van der Waals surface area contributed by atoms with Gasteiger partial charge in [0, 0.05) is 13.2 Å². The van der Waals surface area contributed by atoms with Gasteiger partial charge < -0.3 is 24.3 Å². The van der Waals surface area contributed by atoms with Gasteiger partial charge in [0.15, 0.2) is 24.7 Å². The van der Waals surface area contributed by atoms with Gasteiger partial charge in [0.25, 0.3) is 5.91 Å². The minimum atomic E-state index is -0.628. The minimum Gasteiger partial charge on any atom is -0.493 e. The van der Waals surface area contributed by atoms with Crippen molar-refractivity contribution in [2.45, 2.75) is 25.9 Å². The summed E-state index contributed by atoms with van der Waals surface area (Å²) >= 11 is 0. The highest BCUT2D eigenvalue weighted by molar-refractivity contribution is 5.80. The standard InChI is InChI=1S/C19H25NO6/c1-3-5-14-7-8-16(17(10-14)23-2)25-13-19(22)26-12-18(21)20-11-15-6-4-9-24-15/h3,5,7-8,10,15H,4,6,9,11-13H2,1-2H3,(H,20,21)/b5-3+/t15-/m0/s1. The summed E-state index contributed by atoms with van der Waals surface area (Å²) in [7, 11) is 1.53. The van der Waals surface area contributed by atoms with E-state index in [1.807, 2.05) is 25.1 Å². The molecule has 0 aromatic heterocycles. The van der Waals surface area contributed by atoms with Crippen LogP contribution in [0, 0.1) is 0 Å². The number of hydrogen-bond acceptors (Lipinski definition) is 6. The van der Waals surface area contributed by atoms with Crippen LogP contribution in [0.3, 0.4) is 0 Å². The molecule has 1 aliphatic heterocycles. The predicted octanol–water partition coefficient (Wildman–Crippen LogP) is 1.95. The molecule has 0 bridgehead atoms. The molecule has 1 aromatic carbocycles. The van der Waals surface area contributed by atoms with Crippen molar-refractivity contribution in [1.82, 2.24) is 5.32 Å². The maximum atomic E-state index is 11.7. The molecule has 26 heavy (non-hydrogen) atoms. The van der Waals surface area contributed by atoms with Crippen molar-refractivity contribution in [3.05, 3.63) is 29.8 Å². The lowest BCUT2D eigenvalue weighted by Crippen LogP contribution is -2.35. The molecule has 1 saturated heterocycles. The molecule has 1 aliphatic rings. The molecular weight excluding hydrogens is 338 g/mol. The van der Waals surface area contributed by atoms with Gasteiger partial charge in [0.1, 0.15) is 0 Å². The van der Waals surface area contributed by atoms with Crippen LogP contribution in [0.5, 0.6) is 11.5 Å². The number of amides is 1. The number of nitrogens with one attached hydrogen (secondary N) is 1. The number of rotatable bonds is 9. The first kappa shape index (κ1) is 19.8. The number of esters is 1. The second kappa shape index (κ2) is 10.5. The third kappa shape index (κ3) is 6.40. The molecule has 0 saturated carbocycles. The van der Waals surface area contributed by atoms with Crippen molar-refractivity contribution in [2.75, 3.05) is 33.5 Å². The Morgan fingerprint density at radius 2 is 2.15 bits per heavy atom. The Labute approximate surface area is 153 Å². The molecule has 2 rings (SSSR count). The first-order chi connectivity index (χ1) is 12.6. The van der Waals surface area contributed by atoms with Gasteiger partial charge >= 0.3 is 5.97 Å². The quantitative estimate of drug-likeness (QED) is 0.675. The summed E-state index contributed by atoms with van der Waals surface area (Å²) in [6, 6.07) is 5.37. The first-order valence-corrected chi connectivity index (χ1v) is 8.60. The molecule has 0 aliphatic carbocycles. The number of hydrogen-bond donors (Lipinski definition) is 1. The lowest BCUT2D eigenvalue weighted by molar-refractivity contribution is -0.150. The summed E-state index contributed by atoms with van der Waals surface area (Å²) in [6.45, 7) is 2.43. The van der Waals surface area contributed by atoms with Gasteiger partial charge in [-0.05, 0) is 37.5 Å². The van der Waals surface area contributed by atoms with E-state index in [1.54, 1.807) is 12.1 Å². The summed E-state index contributed by atoms with van der Waals surface area (Å²) in [4.78, 5) is 23.4. The van der Waals surface area contributed by atoms with Crippen molar-refractivity contribution in [3.8, 4) is 11.5 Å².